The number of hydrogen-bond donors (Lipinski definition) is 1. The Bertz CT molecular complexity index is 533. The first-order valence-corrected chi connectivity index (χ1v) is 8.00. The standard InChI is InChI=1S/C14H22N4O2S/c1-9(2)8-11(19)17-4-6-18(7-5-17)13(20)12-10(3)16-14(15)21-12/h9H,4-8H2,1-3H3,(H2,15,16). The summed E-state index contributed by atoms with van der Waals surface area (Å²) in [6.07, 6.45) is 0.568. The first kappa shape index (κ1) is 15.8. The number of piperazine rings is 1. The van der Waals surface area contributed by atoms with E-state index < -0.39 is 0 Å². The van der Waals surface area contributed by atoms with Crippen LogP contribution in [0.5, 0.6) is 0 Å². The van der Waals surface area contributed by atoms with Crippen LogP contribution >= 0.6 is 11.3 Å². The summed E-state index contributed by atoms with van der Waals surface area (Å²) in [6, 6.07) is 0. The van der Waals surface area contributed by atoms with Crippen LogP contribution in [0.25, 0.3) is 0 Å². The summed E-state index contributed by atoms with van der Waals surface area (Å²) in [6.45, 7) is 8.21. The molecule has 0 atom stereocenters. The van der Waals surface area contributed by atoms with Crippen LogP contribution in [0.15, 0.2) is 0 Å². The van der Waals surface area contributed by atoms with Crippen LogP contribution in [0.1, 0.15) is 35.6 Å². The molecule has 0 aromatic carbocycles. The van der Waals surface area contributed by atoms with Gasteiger partial charge in [-0.1, -0.05) is 25.2 Å². The quantitative estimate of drug-likeness (QED) is 0.914. The van der Waals surface area contributed by atoms with Crippen LogP contribution in [0.4, 0.5) is 5.13 Å². The fourth-order valence-corrected chi connectivity index (χ4v) is 3.20. The van der Waals surface area contributed by atoms with Crippen molar-refractivity contribution in [1.82, 2.24) is 14.8 Å². The Balaban J connectivity index is 1.93. The number of nitrogens with zero attached hydrogens (tertiary/aromatic N) is 3. The molecule has 0 radical (unpaired) electrons. The lowest BCUT2D eigenvalue weighted by atomic mass is 10.1. The second kappa shape index (κ2) is 6.43. The van der Waals surface area contributed by atoms with Gasteiger partial charge in [-0.3, -0.25) is 9.59 Å². The third-order valence-corrected chi connectivity index (χ3v) is 4.48. The lowest BCUT2D eigenvalue weighted by Crippen LogP contribution is -2.50. The molecule has 1 aliphatic rings. The van der Waals surface area contributed by atoms with Crippen molar-refractivity contribution < 1.29 is 9.59 Å². The fraction of sp³-hybridized carbons (Fsp3) is 0.643. The number of rotatable bonds is 3. The number of aromatic nitrogens is 1. The Hall–Kier alpha value is -1.63. The molecule has 0 saturated carbocycles. The number of nitrogen functional groups attached to an aromatic ring is 1. The summed E-state index contributed by atoms with van der Waals surface area (Å²) in [5, 5.41) is 0.418. The van der Waals surface area contributed by atoms with Crippen molar-refractivity contribution in [1.29, 1.82) is 0 Å². The SMILES string of the molecule is Cc1nc(N)sc1C(=O)N1CCN(C(=O)CC(C)C)CC1. The van der Waals surface area contributed by atoms with E-state index in [0.717, 1.165) is 0 Å². The van der Waals surface area contributed by atoms with Gasteiger partial charge in [0.05, 0.1) is 5.69 Å². The van der Waals surface area contributed by atoms with Crippen LogP contribution in [-0.4, -0.2) is 52.8 Å². The molecular formula is C14H22N4O2S. The van der Waals surface area contributed by atoms with E-state index >= 15 is 0 Å². The molecule has 21 heavy (non-hydrogen) atoms. The minimum Gasteiger partial charge on any atom is -0.375 e. The highest BCUT2D eigenvalue weighted by molar-refractivity contribution is 7.17. The van der Waals surface area contributed by atoms with Gasteiger partial charge < -0.3 is 15.5 Å². The first-order valence-electron chi connectivity index (χ1n) is 7.18. The second-order valence-electron chi connectivity index (χ2n) is 5.74. The number of hydrogen-bond acceptors (Lipinski definition) is 5. The molecule has 1 saturated heterocycles. The summed E-state index contributed by atoms with van der Waals surface area (Å²) in [5.41, 5.74) is 6.32. The predicted octanol–water partition coefficient (Wildman–Crippen LogP) is 1.36. The summed E-state index contributed by atoms with van der Waals surface area (Å²) in [7, 11) is 0. The lowest BCUT2D eigenvalue weighted by molar-refractivity contribution is -0.133. The first-order chi connectivity index (χ1) is 9.88. The number of nitrogens with two attached hydrogens (primary N) is 1. The maximum Gasteiger partial charge on any atom is 0.266 e. The van der Waals surface area contributed by atoms with Gasteiger partial charge in [-0.25, -0.2) is 4.98 Å². The Morgan fingerprint density at radius 1 is 1.24 bits per heavy atom. The molecular weight excluding hydrogens is 288 g/mol. The molecule has 0 spiro atoms. The van der Waals surface area contributed by atoms with Gasteiger partial charge in [0.1, 0.15) is 4.88 Å². The molecule has 0 aliphatic carbocycles. The third-order valence-electron chi connectivity index (χ3n) is 3.51. The van der Waals surface area contributed by atoms with E-state index in [1.54, 1.807) is 11.8 Å². The molecule has 0 bridgehead atoms. The normalized spacial score (nSPS) is 15.6. The number of carbonyl (C=O) groups is 2. The summed E-state index contributed by atoms with van der Waals surface area (Å²) >= 11 is 1.23. The zero-order chi connectivity index (χ0) is 15.6. The van der Waals surface area contributed by atoms with Crippen molar-refractivity contribution in [2.24, 2.45) is 5.92 Å². The highest BCUT2D eigenvalue weighted by atomic mass is 32.1. The highest BCUT2D eigenvalue weighted by Gasteiger charge is 2.27. The minimum atomic E-state index is -0.0299. The lowest BCUT2D eigenvalue weighted by Gasteiger charge is -2.35. The fourth-order valence-electron chi connectivity index (χ4n) is 2.40. The van der Waals surface area contributed by atoms with Crippen LogP contribution in [-0.2, 0) is 4.79 Å². The number of anilines is 1. The minimum absolute atomic E-state index is 0.0299. The van der Waals surface area contributed by atoms with Gasteiger partial charge in [-0.05, 0) is 12.8 Å². The Kier molecular flexibility index (Phi) is 4.82. The van der Waals surface area contributed by atoms with Crippen LogP contribution in [0.2, 0.25) is 0 Å². The number of thiazole rings is 1. The smallest absolute Gasteiger partial charge is 0.266 e. The van der Waals surface area contributed by atoms with E-state index in [1.807, 2.05) is 18.7 Å². The van der Waals surface area contributed by atoms with Gasteiger partial charge in [0, 0.05) is 32.6 Å². The van der Waals surface area contributed by atoms with Gasteiger partial charge in [0.25, 0.3) is 5.91 Å². The van der Waals surface area contributed by atoms with E-state index in [1.165, 1.54) is 11.3 Å². The molecule has 2 heterocycles. The van der Waals surface area contributed by atoms with Crippen molar-refractivity contribution in [3.8, 4) is 0 Å². The zero-order valence-electron chi connectivity index (χ0n) is 12.8. The highest BCUT2D eigenvalue weighted by Crippen LogP contribution is 2.22. The van der Waals surface area contributed by atoms with Gasteiger partial charge in [0.2, 0.25) is 5.91 Å². The number of amides is 2. The van der Waals surface area contributed by atoms with E-state index in [0.29, 0.717) is 54.2 Å². The molecule has 1 fully saturated rings. The van der Waals surface area contributed by atoms with Crippen LogP contribution in [0.3, 0.4) is 0 Å². The molecule has 2 rings (SSSR count). The van der Waals surface area contributed by atoms with Gasteiger partial charge in [0.15, 0.2) is 5.13 Å². The molecule has 116 valence electrons. The third kappa shape index (κ3) is 3.72. The molecule has 2 N–H and O–H groups in total. The Morgan fingerprint density at radius 2 is 1.81 bits per heavy atom. The van der Waals surface area contributed by atoms with Crippen molar-refractivity contribution in [3.05, 3.63) is 10.6 Å². The largest absolute Gasteiger partial charge is 0.375 e. The van der Waals surface area contributed by atoms with Crippen LogP contribution < -0.4 is 5.73 Å². The average molecular weight is 310 g/mol. The zero-order valence-corrected chi connectivity index (χ0v) is 13.6. The molecule has 1 aromatic rings. The summed E-state index contributed by atoms with van der Waals surface area (Å²) in [4.78, 5) is 32.8. The summed E-state index contributed by atoms with van der Waals surface area (Å²) in [5.74, 6) is 0.507. The molecule has 1 aliphatic heterocycles. The molecule has 0 unspecified atom stereocenters. The molecule has 1 aromatic heterocycles. The van der Waals surface area contributed by atoms with Crippen molar-refractivity contribution in [2.45, 2.75) is 27.2 Å². The number of carbonyl (C=O) groups excluding carboxylic acids is 2. The maximum atomic E-state index is 12.4. The van der Waals surface area contributed by atoms with Crippen molar-refractivity contribution in [3.63, 3.8) is 0 Å². The van der Waals surface area contributed by atoms with Gasteiger partial charge in [-0.2, -0.15) is 0 Å². The molecule has 6 nitrogen and oxygen atoms in total. The van der Waals surface area contributed by atoms with Crippen LogP contribution in [0, 0.1) is 12.8 Å². The van der Waals surface area contributed by atoms with E-state index in [4.69, 9.17) is 5.73 Å². The van der Waals surface area contributed by atoms with Gasteiger partial charge in [-0.15, -0.1) is 0 Å². The maximum absolute atomic E-state index is 12.4. The Morgan fingerprint density at radius 3 is 2.29 bits per heavy atom. The molecule has 2 amide bonds. The monoisotopic (exact) mass is 310 g/mol. The van der Waals surface area contributed by atoms with E-state index in [-0.39, 0.29) is 11.8 Å². The Labute approximate surface area is 128 Å². The summed E-state index contributed by atoms with van der Waals surface area (Å²) < 4.78 is 0. The van der Waals surface area contributed by atoms with Crippen molar-refractivity contribution in [2.75, 3.05) is 31.9 Å². The van der Waals surface area contributed by atoms with Gasteiger partial charge >= 0.3 is 0 Å². The predicted molar refractivity (Wildman–Crippen MR) is 83.2 cm³/mol. The number of aryl methyl sites for hydroxylation is 1. The topological polar surface area (TPSA) is 79.5 Å². The van der Waals surface area contributed by atoms with E-state index in [2.05, 4.69) is 4.98 Å². The van der Waals surface area contributed by atoms with E-state index in [9.17, 15) is 9.59 Å². The molecule has 7 heteroatoms. The van der Waals surface area contributed by atoms with Crippen molar-refractivity contribution >= 4 is 28.3 Å². The average Bonchev–Trinajstić information content (AvgIpc) is 2.76. The second-order valence-corrected chi connectivity index (χ2v) is 6.77.